The zero-order valence-corrected chi connectivity index (χ0v) is 17.8. The first-order valence-electron chi connectivity index (χ1n) is 9.64. The van der Waals surface area contributed by atoms with Gasteiger partial charge in [0.05, 0.1) is 23.1 Å². The van der Waals surface area contributed by atoms with Gasteiger partial charge in [0.2, 0.25) is 5.91 Å². The number of hydrogen-bond acceptors (Lipinski definition) is 5. The molecule has 31 heavy (non-hydrogen) atoms. The average Bonchev–Trinajstić information content (AvgIpc) is 3.08. The lowest BCUT2D eigenvalue weighted by Crippen LogP contribution is -2.21. The second-order valence-electron chi connectivity index (χ2n) is 7.12. The van der Waals surface area contributed by atoms with Crippen LogP contribution in [0.3, 0.4) is 0 Å². The highest BCUT2D eigenvalue weighted by Gasteiger charge is 2.20. The van der Waals surface area contributed by atoms with Crippen molar-refractivity contribution in [2.45, 2.75) is 20.4 Å². The Hall–Kier alpha value is -3.78. The van der Waals surface area contributed by atoms with Crippen LogP contribution in [0.4, 0.5) is 11.4 Å². The fourth-order valence-corrected chi connectivity index (χ4v) is 4.37. The number of aromatic nitrogens is 2. The number of fused-ring (bicyclic) bond motifs is 1. The Bertz CT molecular complexity index is 1340. The van der Waals surface area contributed by atoms with E-state index in [0.29, 0.717) is 38.6 Å². The minimum Gasteiger partial charge on any atom is -0.326 e. The molecule has 0 saturated heterocycles. The predicted octanol–water partition coefficient (Wildman–Crippen LogP) is 4.03. The molecule has 0 bridgehead atoms. The molecule has 2 N–H and O–H groups in total. The quantitative estimate of drug-likeness (QED) is 0.498. The number of anilines is 2. The zero-order valence-electron chi connectivity index (χ0n) is 17.0. The van der Waals surface area contributed by atoms with Gasteiger partial charge in [-0.05, 0) is 36.2 Å². The number of hydrogen-bond donors (Lipinski definition) is 2. The van der Waals surface area contributed by atoms with E-state index in [-0.39, 0.29) is 17.4 Å². The number of carbonyl (C=O) groups excluding carboxylic acids is 2. The van der Waals surface area contributed by atoms with Gasteiger partial charge in [0, 0.05) is 18.3 Å². The van der Waals surface area contributed by atoms with E-state index < -0.39 is 0 Å². The maximum atomic E-state index is 13.1. The Morgan fingerprint density at radius 3 is 2.45 bits per heavy atom. The molecule has 2 heterocycles. The zero-order chi connectivity index (χ0) is 22.0. The second-order valence-corrected chi connectivity index (χ2v) is 8.11. The van der Waals surface area contributed by atoms with Crippen LogP contribution in [0, 0.1) is 6.92 Å². The first-order valence-corrected chi connectivity index (χ1v) is 10.5. The highest BCUT2D eigenvalue weighted by Crippen LogP contribution is 2.28. The minimum atomic E-state index is -0.325. The first-order chi connectivity index (χ1) is 14.9. The third-order valence-corrected chi connectivity index (χ3v) is 5.96. The molecule has 0 aliphatic heterocycles. The molecule has 2 aromatic heterocycles. The van der Waals surface area contributed by atoms with Gasteiger partial charge in [-0.1, -0.05) is 36.4 Å². The summed E-state index contributed by atoms with van der Waals surface area (Å²) in [7, 11) is 0. The van der Waals surface area contributed by atoms with Crippen molar-refractivity contribution in [2.75, 3.05) is 10.6 Å². The number of rotatable bonds is 5. The van der Waals surface area contributed by atoms with Crippen LogP contribution in [0.2, 0.25) is 0 Å². The Morgan fingerprint density at radius 2 is 1.74 bits per heavy atom. The topological polar surface area (TPSA) is 93.1 Å². The molecule has 0 saturated carbocycles. The molecular formula is C23H20N4O3S. The maximum absolute atomic E-state index is 13.1. The molecule has 8 heteroatoms. The summed E-state index contributed by atoms with van der Waals surface area (Å²) < 4.78 is 1.55. The summed E-state index contributed by atoms with van der Waals surface area (Å²) in [6.07, 6.45) is 1.52. The average molecular weight is 433 g/mol. The van der Waals surface area contributed by atoms with Crippen LogP contribution in [-0.2, 0) is 11.3 Å². The molecule has 0 radical (unpaired) electrons. The van der Waals surface area contributed by atoms with E-state index in [1.165, 1.54) is 24.6 Å². The van der Waals surface area contributed by atoms with E-state index in [1.807, 2.05) is 30.3 Å². The normalized spacial score (nSPS) is 10.8. The van der Waals surface area contributed by atoms with Crippen LogP contribution in [0.1, 0.15) is 27.7 Å². The maximum Gasteiger partial charge on any atom is 0.266 e. The number of amides is 2. The Balaban J connectivity index is 1.63. The Kier molecular flexibility index (Phi) is 5.64. The van der Waals surface area contributed by atoms with E-state index in [9.17, 15) is 14.4 Å². The van der Waals surface area contributed by atoms with Gasteiger partial charge in [-0.15, -0.1) is 11.3 Å². The summed E-state index contributed by atoms with van der Waals surface area (Å²) in [6.45, 7) is 3.59. The lowest BCUT2D eigenvalue weighted by molar-refractivity contribution is -0.114. The van der Waals surface area contributed by atoms with Crippen molar-refractivity contribution in [1.29, 1.82) is 0 Å². The second kappa shape index (κ2) is 8.53. The van der Waals surface area contributed by atoms with Crippen molar-refractivity contribution in [1.82, 2.24) is 9.55 Å². The molecule has 2 amide bonds. The highest BCUT2D eigenvalue weighted by atomic mass is 32.1. The van der Waals surface area contributed by atoms with Crippen LogP contribution >= 0.6 is 11.3 Å². The fraction of sp³-hybridized carbons (Fsp3) is 0.130. The third kappa shape index (κ3) is 4.39. The lowest BCUT2D eigenvalue weighted by Gasteiger charge is -2.07. The summed E-state index contributed by atoms with van der Waals surface area (Å²) in [5, 5.41) is 5.97. The van der Waals surface area contributed by atoms with E-state index >= 15 is 0 Å². The monoisotopic (exact) mass is 432 g/mol. The number of nitrogens with one attached hydrogen (secondary N) is 2. The molecular weight excluding hydrogens is 412 g/mol. The van der Waals surface area contributed by atoms with Gasteiger partial charge in [-0.25, -0.2) is 4.98 Å². The van der Waals surface area contributed by atoms with Crippen LogP contribution < -0.4 is 16.2 Å². The molecule has 2 aromatic carbocycles. The van der Waals surface area contributed by atoms with Crippen molar-refractivity contribution >= 4 is 44.7 Å². The van der Waals surface area contributed by atoms with Crippen molar-refractivity contribution in [3.8, 4) is 0 Å². The Morgan fingerprint density at radius 1 is 1.03 bits per heavy atom. The first kappa shape index (κ1) is 20.5. The number of benzene rings is 2. The molecule has 0 unspecified atom stereocenters. The number of aryl methyl sites for hydroxylation is 1. The van der Waals surface area contributed by atoms with Crippen molar-refractivity contribution in [3.05, 3.63) is 87.3 Å². The predicted molar refractivity (Wildman–Crippen MR) is 123 cm³/mol. The van der Waals surface area contributed by atoms with Crippen LogP contribution in [0.15, 0.2) is 65.7 Å². The molecule has 4 rings (SSSR count). The highest BCUT2D eigenvalue weighted by molar-refractivity contribution is 7.20. The largest absolute Gasteiger partial charge is 0.326 e. The van der Waals surface area contributed by atoms with Crippen molar-refractivity contribution < 1.29 is 9.59 Å². The molecule has 0 aliphatic rings. The minimum absolute atomic E-state index is 0.172. The number of nitrogens with zero attached hydrogens (tertiary/aromatic N) is 2. The summed E-state index contributed by atoms with van der Waals surface area (Å²) in [4.78, 5) is 42.6. The van der Waals surface area contributed by atoms with Gasteiger partial charge in [-0.3, -0.25) is 19.0 Å². The SMILES string of the molecule is CC(=O)Nc1cccc(NC(=O)c2sc3ncn(Cc4ccccc4)c(=O)c3c2C)c1. The molecule has 0 spiro atoms. The molecule has 0 atom stereocenters. The van der Waals surface area contributed by atoms with Crippen LogP contribution in [0.5, 0.6) is 0 Å². The van der Waals surface area contributed by atoms with E-state index in [1.54, 1.807) is 35.8 Å². The molecule has 0 aliphatic carbocycles. The Labute approximate surface area is 182 Å². The smallest absolute Gasteiger partial charge is 0.266 e. The van der Waals surface area contributed by atoms with E-state index in [0.717, 1.165) is 5.56 Å². The standard InChI is InChI=1S/C23H20N4O3S/c1-14-19-22(24-13-27(23(19)30)12-16-7-4-3-5-8-16)31-20(14)21(29)26-18-10-6-9-17(11-18)25-15(2)28/h3-11,13H,12H2,1-2H3,(H,25,28)(H,26,29). The number of thiophene rings is 1. The van der Waals surface area contributed by atoms with Gasteiger partial charge in [0.1, 0.15) is 4.83 Å². The third-order valence-electron chi connectivity index (χ3n) is 4.76. The van der Waals surface area contributed by atoms with Gasteiger partial charge >= 0.3 is 0 Å². The molecule has 4 aromatic rings. The molecule has 156 valence electrons. The van der Waals surface area contributed by atoms with E-state index in [2.05, 4.69) is 15.6 Å². The summed E-state index contributed by atoms with van der Waals surface area (Å²) >= 11 is 1.19. The summed E-state index contributed by atoms with van der Waals surface area (Å²) in [5.74, 6) is -0.517. The van der Waals surface area contributed by atoms with Crippen molar-refractivity contribution in [2.24, 2.45) is 0 Å². The molecule has 7 nitrogen and oxygen atoms in total. The van der Waals surface area contributed by atoms with Gasteiger partial charge in [-0.2, -0.15) is 0 Å². The summed E-state index contributed by atoms with van der Waals surface area (Å²) in [6, 6.07) is 16.5. The van der Waals surface area contributed by atoms with Gasteiger partial charge in [0.25, 0.3) is 11.5 Å². The molecule has 0 fully saturated rings. The van der Waals surface area contributed by atoms with Gasteiger partial charge < -0.3 is 10.6 Å². The van der Waals surface area contributed by atoms with E-state index in [4.69, 9.17) is 0 Å². The number of carbonyl (C=O) groups is 2. The van der Waals surface area contributed by atoms with Crippen LogP contribution in [-0.4, -0.2) is 21.4 Å². The van der Waals surface area contributed by atoms with Crippen LogP contribution in [0.25, 0.3) is 10.2 Å². The lowest BCUT2D eigenvalue weighted by atomic mass is 10.2. The summed E-state index contributed by atoms with van der Waals surface area (Å²) in [5.41, 5.74) is 2.56. The van der Waals surface area contributed by atoms with Crippen molar-refractivity contribution in [3.63, 3.8) is 0 Å². The van der Waals surface area contributed by atoms with Gasteiger partial charge in [0.15, 0.2) is 0 Å². The fourth-order valence-electron chi connectivity index (χ4n) is 3.33.